The van der Waals surface area contributed by atoms with Crippen molar-refractivity contribution < 1.29 is 8.91 Å². The molecule has 2 aromatic rings. The van der Waals surface area contributed by atoms with Crippen LogP contribution in [-0.4, -0.2) is 22.2 Å². The van der Waals surface area contributed by atoms with Crippen LogP contribution < -0.4 is 4.90 Å². The van der Waals surface area contributed by atoms with Crippen molar-refractivity contribution in [1.29, 1.82) is 0 Å². The van der Waals surface area contributed by atoms with Gasteiger partial charge in [-0.1, -0.05) is 11.2 Å². The molecule has 84 valence electrons. The molecule has 0 saturated heterocycles. The van der Waals surface area contributed by atoms with E-state index in [-0.39, 0.29) is 0 Å². The van der Waals surface area contributed by atoms with Crippen molar-refractivity contribution in [2.45, 2.75) is 13.5 Å². The third-order valence-corrected chi connectivity index (χ3v) is 2.04. The standard InChI is InChI=1S/C10H11FN4O/c1-7-12-9(14-16-7)6-15(2)10-5-3-4-8(11)13-10/h3-5H,6H2,1-2H3. The smallest absolute Gasteiger partial charge is 0.223 e. The van der Waals surface area contributed by atoms with Gasteiger partial charge in [0.25, 0.3) is 0 Å². The minimum Gasteiger partial charge on any atom is -0.352 e. The van der Waals surface area contributed by atoms with Gasteiger partial charge in [0.1, 0.15) is 5.82 Å². The van der Waals surface area contributed by atoms with E-state index in [1.54, 1.807) is 31.0 Å². The third-order valence-electron chi connectivity index (χ3n) is 2.04. The van der Waals surface area contributed by atoms with Gasteiger partial charge in [0, 0.05) is 14.0 Å². The van der Waals surface area contributed by atoms with Crippen LogP contribution in [0.2, 0.25) is 0 Å². The predicted molar refractivity (Wildman–Crippen MR) is 55.3 cm³/mol. The second kappa shape index (κ2) is 4.26. The molecule has 0 N–H and O–H groups in total. The summed E-state index contributed by atoms with van der Waals surface area (Å²) in [6.07, 6.45) is 0. The van der Waals surface area contributed by atoms with E-state index in [0.717, 1.165) is 0 Å². The lowest BCUT2D eigenvalue weighted by atomic mass is 10.4. The maximum Gasteiger partial charge on any atom is 0.223 e. The first-order chi connectivity index (χ1) is 7.65. The Hall–Kier alpha value is -1.98. The lowest BCUT2D eigenvalue weighted by Crippen LogP contribution is -2.18. The number of rotatable bonds is 3. The molecule has 0 saturated carbocycles. The highest BCUT2D eigenvalue weighted by Crippen LogP contribution is 2.11. The van der Waals surface area contributed by atoms with Crippen LogP contribution in [-0.2, 0) is 6.54 Å². The Morgan fingerprint density at radius 3 is 2.81 bits per heavy atom. The van der Waals surface area contributed by atoms with Crippen LogP contribution in [0.3, 0.4) is 0 Å². The molecular weight excluding hydrogens is 211 g/mol. The van der Waals surface area contributed by atoms with Gasteiger partial charge in [-0.2, -0.15) is 9.37 Å². The number of pyridine rings is 1. The lowest BCUT2D eigenvalue weighted by molar-refractivity contribution is 0.387. The van der Waals surface area contributed by atoms with E-state index in [4.69, 9.17) is 4.52 Å². The number of halogens is 1. The van der Waals surface area contributed by atoms with E-state index in [1.165, 1.54) is 6.07 Å². The molecule has 2 aromatic heterocycles. The topological polar surface area (TPSA) is 55.1 Å². The Labute approximate surface area is 91.9 Å². The highest BCUT2D eigenvalue weighted by Gasteiger charge is 2.08. The molecule has 2 rings (SSSR count). The van der Waals surface area contributed by atoms with Crippen molar-refractivity contribution in [2.75, 3.05) is 11.9 Å². The van der Waals surface area contributed by atoms with Gasteiger partial charge in [-0.25, -0.2) is 4.98 Å². The number of aromatic nitrogens is 3. The molecule has 0 atom stereocenters. The Bertz CT molecular complexity index is 485. The van der Waals surface area contributed by atoms with E-state index in [2.05, 4.69) is 15.1 Å². The summed E-state index contributed by atoms with van der Waals surface area (Å²) in [7, 11) is 1.79. The van der Waals surface area contributed by atoms with Gasteiger partial charge in [-0.05, 0) is 12.1 Å². The maximum absolute atomic E-state index is 12.9. The van der Waals surface area contributed by atoms with Crippen LogP contribution in [0.5, 0.6) is 0 Å². The fraction of sp³-hybridized carbons (Fsp3) is 0.300. The largest absolute Gasteiger partial charge is 0.352 e. The molecule has 0 amide bonds. The highest BCUT2D eigenvalue weighted by molar-refractivity contribution is 5.36. The van der Waals surface area contributed by atoms with Crippen LogP contribution in [0.15, 0.2) is 22.7 Å². The van der Waals surface area contributed by atoms with Gasteiger partial charge < -0.3 is 9.42 Å². The van der Waals surface area contributed by atoms with Crippen LogP contribution in [0, 0.1) is 12.9 Å². The van der Waals surface area contributed by atoms with E-state index in [9.17, 15) is 4.39 Å². The van der Waals surface area contributed by atoms with Crippen LogP contribution in [0.4, 0.5) is 10.2 Å². The maximum atomic E-state index is 12.9. The van der Waals surface area contributed by atoms with Crippen molar-refractivity contribution in [3.8, 4) is 0 Å². The molecule has 16 heavy (non-hydrogen) atoms. The van der Waals surface area contributed by atoms with Crippen LogP contribution in [0.1, 0.15) is 11.7 Å². The van der Waals surface area contributed by atoms with E-state index in [1.807, 2.05) is 0 Å². The molecule has 0 aromatic carbocycles. The SMILES string of the molecule is Cc1nc(CN(C)c2cccc(F)n2)no1. The number of anilines is 1. The first-order valence-corrected chi connectivity index (χ1v) is 4.78. The Morgan fingerprint density at radius 2 is 2.19 bits per heavy atom. The zero-order valence-corrected chi connectivity index (χ0v) is 9.01. The summed E-state index contributed by atoms with van der Waals surface area (Å²) in [5, 5.41) is 3.75. The molecule has 0 spiro atoms. The summed E-state index contributed by atoms with van der Waals surface area (Å²) >= 11 is 0. The second-order valence-corrected chi connectivity index (χ2v) is 3.40. The molecule has 0 aliphatic carbocycles. The Kier molecular flexibility index (Phi) is 2.80. The highest BCUT2D eigenvalue weighted by atomic mass is 19.1. The molecule has 0 aliphatic rings. The summed E-state index contributed by atoms with van der Waals surface area (Å²) in [5.41, 5.74) is 0. The van der Waals surface area contributed by atoms with Crippen molar-refractivity contribution in [2.24, 2.45) is 0 Å². The molecule has 0 radical (unpaired) electrons. The first kappa shape index (κ1) is 10.5. The molecule has 0 aliphatic heterocycles. The predicted octanol–water partition coefficient (Wildman–Crippen LogP) is 1.55. The van der Waals surface area contributed by atoms with Gasteiger partial charge >= 0.3 is 0 Å². The van der Waals surface area contributed by atoms with Crippen LogP contribution in [0.25, 0.3) is 0 Å². The van der Waals surface area contributed by atoms with E-state index in [0.29, 0.717) is 24.1 Å². The number of hydrogen-bond donors (Lipinski definition) is 0. The first-order valence-electron chi connectivity index (χ1n) is 4.78. The minimum atomic E-state index is -0.506. The van der Waals surface area contributed by atoms with Crippen molar-refractivity contribution in [3.05, 3.63) is 35.9 Å². The average Bonchev–Trinajstić information content (AvgIpc) is 2.64. The zero-order valence-electron chi connectivity index (χ0n) is 9.01. The van der Waals surface area contributed by atoms with E-state index < -0.39 is 5.95 Å². The third kappa shape index (κ3) is 2.33. The van der Waals surface area contributed by atoms with Gasteiger partial charge in [0.05, 0.1) is 6.54 Å². The van der Waals surface area contributed by atoms with Crippen LogP contribution >= 0.6 is 0 Å². The Balaban J connectivity index is 2.11. The van der Waals surface area contributed by atoms with Gasteiger partial charge in [-0.3, -0.25) is 0 Å². The molecule has 0 bridgehead atoms. The lowest BCUT2D eigenvalue weighted by Gasteiger charge is -2.15. The van der Waals surface area contributed by atoms with Gasteiger partial charge in [0.2, 0.25) is 11.8 Å². The summed E-state index contributed by atoms with van der Waals surface area (Å²) in [6, 6.07) is 4.63. The molecule has 0 fully saturated rings. The minimum absolute atomic E-state index is 0.424. The van der Waals surface area contributed by atoms with Crippen molar-refractivity contribution in [1.82, 2.24) is 15.1 Å². The van der Waals surface area contributed by atoms with Crippen molar-refractivity contribution >= 4 is 5.82 Å². The molecule has 5 nitrogen and oxygen atoms in total. The molecule has 0 unspecified atom stereocenters. The Morgan fingerprint density at radius 1 is 1.38 bits per heavy atom. The molecular formula is C10H11FN4O. The summed E-state index contributed by atoms with van der Waals surface area (Å²) < 4.78 is 17.7. The monoisotopic (exact) mass is 222 g/mol. The molecule has 2 heterocycles. The zero-order chi connectivity index (χ0) is 11.5. The second-order valence-electron chi connectivity index (χ2n) is 3.40. The van der Waals surface area contributed by atoms with Gasteiger partial charge in [-0.15, -0.1) is 0 Å². The normalized spacial score (nSPS) is 10.4. The fourth-order valence-corrected chi connectivity index (χ4v) is 1.31. The van der Waals surface area contributed by atoms with Gasteiger partial charge in [0.15, 0.2) is 5.82 Å². The summed E-state index contributed by atoms with van der Waals surface area (Å²) in [6.45, 7) is 2.14. The number of aryl methyl sites for hydroxylation is 1. The quantitative estimate of drug-likeness (QED) is 0.737. The number of nitrogens with zero attached hydrogens (tertiary/aromatic N) is 4. The number of hydrogen-bond acceptors (Lipinski definition) is 5. The van der Waals surface area contributed by atoms with E-state index >= 15 is 0 Å². The summed E-state index contributed by atoms with van der Waals surface area (Å²) in [5.74, 6) is 1.08. The average molecular weight is 222 g/mol. The fourth-order valence-electron chi connectivity index (χ4n) is 1.31. The summed E-state index contributed by atoms with van der Waals surface area (Å²) in [4.78, 5) is 9.55. The molecule has 6 heteroatoms. The van der Waals surface area contributed by atoms with Crippen molar-refractivity contribution in [3.63, 3.8) is 0 Å².